The number of aliphatic hydroxyl groups excluding tert-OH is 1. The highest BCUT2D eigenvalue weighted by Gasteiger charge is 2.35. The molecular weight excluding hydrogens is 313 g/mol. The number of aliphatic hydroxyl groups is 1. The Kier molecular flexibility index (Phi) is 4.28. The van der Waals surface area contributed by atoms with Gasteiger partial charge in [0.05, 0.1) is 0 Å². The minimum Gasteiger partial charge on any atom is -0.396 e. The average Bonchev–Trinajstić information content (AvgIpc) is 2.80. The molecule has 3 rings (SSSR count). The fourth-order valence-corrected chi connectivity index (χ4v) is 3.41. The Morgan fingerprint density at radius 3 is 2.92 bits per heavy atom. The molecule has 0 saturated carbocycles. The monoisotopic (exact) mass is 333 g/mol. The second-order valence-corrected chi connectivity index (χ2v) is 6.01. The van der Waals surface area contributed by atoms with Gasteiger partial charge in [0.2, 0.25) is 5.91 Å². The summed E-state index contributed by atoms with van der Waals surface area (Å²) in [7, 11) is 1.76. The van der Waals surface area contributed by atoms with Crippen LogP contribution in [0.3, 0.4) is 0 Å². The van der Waals surface area contributed by atoms with Crippen LogP contribution < -0.4 is 5.32 Å². The number of aromatic nitrogens is 1. The molecular formula is C17H20FN3O3. The molecule has 1 aromatic carbocycles. The third-order valence-corrected chi connectivity index (χ3v) is 4.61. The van der Waals surface area contributed by atoms with Crippen LogP contribution in [0.1, 0.15) is 22.5 Å². The van der Waals surface area contributed by atoms with Crippen molar-refractivity contribution in [2.24, 2.45) is 7.05 Å². The number of rotatable bonds is 3. The Balaban J connectivity index is 2.06. The molecule has 2 heterocycles. The third kappa shape index (κ3) is 2.54. The number of hydrogen-bond acceptors (Lipinski definition) is 3. The SMILES string of the molecule is Cc1c(C(=O)N2CCNC(=O)[C@H]2CCO)n(C)c2ccc(F)cc12. The summed E-state index contributed by atoms with van der Waals surface area (Å²) in [6.45, 7) is 2.36. The molecule has 6 nitrogen and oxygen atoms in total. The first kappa shape index (κ1) is 16.4. The number of nitrogens with one attached hydrogen (secondary N) is 1. The topological polar surface area (TPSA) is 74.6 Å². The van der Waals surface area contributed by atoms with Gasteiger partial charge in [-0.15, -0.1) is 0 Å². The van der Waals surface area contributed by atoms with Gasteiger partial charge in [-0.25, -0.2) is 4.39 Å². The number of piperazine rings is 1. The molecule has 2 N–H and O–H groups in total. The van der Waals surface area contributed by atoms with E-state index >= 15 is 0 Å². The number of halogens is 1. The number of nitrogens with zero attached hydrogens (tertiary/aromatic N) is 2. The van der Waals surface area contributed by atoms with E-state index in [9.17, 15) is 19.1 Å². The predicted octanol–water partition coefficient (Wildman–Crippen LogP) is 0.949. The van der Waals surface area contributed by atoms with E-state index in [4.69, 9.17) is 0 Å². The second-order valence-electron chi connectivity index (χ2n) is 6.01. The van der Waals surface area contributed by atoms with Gasteiger partial charge in [-0.1, -0.05) is 0 Å². The van der Waals surface area contributed by atoms with E-state index in [2.05, 4.69) is 5.32 Å². The molecule has 2 aromatic rings. The predicted molar refractivity (Wildman–Crippen MR) is 87.2 cm³/mol. The molecule has 1 atom stereocenters. The van der Waals surface area contributed by atoms with Gasteiger partial charge in [-0.05, 0) is 37.1 Å². The van der Waals surface area contributed by atoms with Gasteiger partial charge in [-0.3, -0.25) is 9.59 Å². The van der Waals surface area contributed by atoms with Gasteiger partial charge in [0, 0.05) is 37.6 Å². The molecule has 0 radical (unpaired) electrons. The van der Waals surface area contributed by atoms with Crippen LogP contribution in [0.5, 0.6) is 0 Å². The van der Waals surface area contributed by atoms with Crippen molar-refractivity contribution in [3.05, 3.63) is 35.3 Å². The van der Waals surface area contributed by atoms with Gasteiger partial charge < -0.3 is 19.9 Å². The maximum Gasteiger partial charge on any atom is 0.271 e. The summed E-state index contributed by atoms with van der Waals surface area (Å²) in [5.41, 5.74) is 1.89. The molecule has 0 aliphatic carbocycles. The average molecular weight is 333 g/mol. The van der Waals surface area contributed by atoms with E-state index in [0.29, 0.717) is 29.7 Å². The zero-order valence-corrected chi connectivity index (χ0v) is 13.7. The fraction of sp³-hybridized carbons (Fsp3) is 0.412. The van der Waals surface area contributed by atoms with Crippen LogP contribution in [0.25, 0.3) is 10.9 Å². The van der Waals surface area contributed by atoms with Gasteiger partial charge in [0.15, 0.2) is 0 Å². The molecule has 1 aliphatic rings. The molecule has 24 heavy (non-hydrogen) atoms. The Hall–Kier alpha value is -2.41. The van der Waals surface area contributed by atoms with Gasteiger partial charge in [-0.2, -0.15) is 0 Å². The van der Waals surface area contributed by atoms with E-state index in [1.807, 2.05) is 0 Å². The van der Waals surface area contributed by atoms with E-state index in [1.54, 1.807) is 24.6 Å². The standard InChI is InChI=1S/C17H20FN3O3/c1-10-12-9-11(18)3-4-13(12)20(2)15(10)17(24)21-7-6-19-16(23)14(21)5-8-22/h3-4,9,14,22H,5-8H2,1-2H3,(H,19,23)/t14-/m1/s1. The molecule has 0 spiro atoms. The van der Waals surface area contributed by atoms with Crippen LogP contribution in [0.4, 0.5) is 4.39 Å². The number of fused-ring (bicyclic) bond motifs is 1. The molecule has 0 unspecified atom stereocenters. The number of aryl methyl sites for hydroxylation is 2. The lowest BCUT2D eigenvalue weighted by Crippen LogP contribution is -2.57. The summed E-state index contributed by atoms with van der Waals surface area (Å²) in [5, 5.41) is 12.6. The van der Waals surface area contributed by atoms with Crippen molar-refractivity contribution in [1.29, 1.82) is 0 Å². The summed E-state index contributed by atoms with van der Waals surface area (Å²) in [5.74, 6) is -0.892. The number of amides is 2. The van der Waals surface area contributed by atoms with Gasteiger partial charge in [0.1, 0.15) is 17.6 Å². The van der Waals surface area contributed by atoms with Gasteiger partial charge >= 0.3 is 0 Å². The van der Waals surface area contributed by atoms with Crippen molar-refractivity contribution < 1.29 is 19.1 Å². The summed E-state index contributed by atoms with van der Waals surface area (Å²) in [4.78, 5) is 26.6. The number of benzene rings is 1. The van der Waals surface area contributed by atoms with Crippen molar-refractivity contribution in [3.63, 3.8) is 0 Å². The smallest absolute Gasteiger partial charge is 0.271 e. The summed E-state index contributed by atoms with van der Waals surface area (Å²) < 4.78 is 15.3. The second kappa shape index (κ2) is 6.24. The quantitative estimate of drug-likeness (QED) is 0.878. The highest BCUT2D eigenvalue weighted by Crippen LogP contribution is 2.27. The van der Waals surface area contributed by atoms with Crippen LogP contribution in [-0.2, 0) is 11.8 Å². The Bertz CT molecular complexity index is 815. The number of carbonyl (C=O) groups excluding carboxylic acids is 2. The maximum absolute atomic E-state index is 13.5. The Morgan fingerprint density at radius 2 is 2.21 bits per heavy atom. The van der Waals surface area contributed by atoms with E-state index < -0.39 is 6.04 Å². The summed E-state index contributed by atoms with van der Waals surface area (Å²) >= 11 is 0. The zero-order chi connectivity index (χ0) is 17.4. The van der Waals surface area contributed by atoms with Crippen molar-refractivity contribution in [2.45, 2.75) is 19.4 Å². The normalized spacial score (nSPS) is 18.1. The lowest BCUT2D eigenvalue weighted by Gasteiger charge is -2.35. The maximum atomic E-state index is 13.5. The van der Waals surface area contributed by atoms with Crippen molar-refractivity contribution in [1.82, 2.24) is 14.8 Å². The first-order valence-corrected chi connectivity index (χ1v) is 7.89. The lowest BCUT2D eigenvalue weighted by atomic mass is 10.1. The minimum absolute atomic E-state index is 0.179. The lowest BCUT2D eigenvalue weighted by molar-refractivity contribution is -0.128. The molecule has 7 heteroatoms. The van der Waals surface area contributed by atoms with Crippen LogP contribution >= 0.6 is 0 Å². The van der Waals surface area contributed by atoms with E-state index in [-0.39, 0.29) is 30.7 Å². The molecule has 1 saturated heterocycles. The number of carbonyl (C=O) groups is 2. The summed E-state index contributed by atoms with van der Waals surface area (Å²) in [6.07, 6.45) is 0.190. The zero-order valence-electron chi connectivity index (χ0n) is 13.7. The first-order chi connectivity index (χ1) is 11.5. The third-order valence-electron chi connectivity index (χ3n) is 4.61. The first-order valence-electron chi connectivity index (χ1n) is 7.89. The highest BCUT2D eigenvalue weighted by molar-refractivity contribution is 6.03. The van der Waals surface area contributed by atoms with E-state index in [0.717, 1.165) is 5.52 Å². The molecule has 2 amide bonds. The fourth-order valence-electron chi connectivity index (χ4n) is 3.41. The van der Waals surface area contributed by atoms with Crippen molar-refractivity contribution in [2.75, 3.05) is 19.7 Å². The Morgan fingerprint density at radius 1 is 1.46 bits per heavy atom. The van der Waals surface area contributed by atoms with Crippen LogP contribution in [0, 0.1) is 12.7 Å². The highest BCUT2D eigenvalue weighted by atomic mass is 19.1. The van der Waals surface area contributed by atoms with E-state index in [1.165, 1.54) is 17.0 Å². The Labute approximate surface area is 138 Å². The summed E-state index contributed by atoms with van der Waals surface area (Å²) in [6, 6.07) is 3.72. The molecule has 0 bridgehead atoms. The largest absolute Gasteiger partial charge is 0.396 e. The van der Waals surface area contributed by atoms with Gasteiger partial charge in [0.25, 0.3) is 5.91 Å². The van der Waals surface area contributed by atoms with Crippen molar-refractivity contribution >= 4 is 22.7 Å². The number of hydrogen-bond donors (Lipinski definition) is 2. The van der Waals surface area contributed by atoms with Crippen LogP contribution in [0.2, 0.25) is 0 Å². The van der Waals surface area contributed by atoms with Crippen LogP contribution in [-0.4, -0.2) is 52.1 Å². The molecule has 1 aromatic heterocycles. The molecule has 1 aliphatic heterocycles. The molecule has 1 fully saturated rings. The minimum atomic E-state index is -0.689. The van der Waals surface area contributed by atoms with Crippen LogP contribution in [0.15, 0.2) is 18.2 Å². The van der Waals surface area contributed by atoms with Crippen molar-refractivity contribution in [3.8, 4) is 0 Å². The molecule has 128 valence electrons.